The van der Waals surface area contributed by atoms with E-state index in [1.54, 1.807) is 63.6 Å². The average Bonchev–Trinajstić information content (AvgIpc) is 3.51. The Morgan fingerprint density at radius 3 is 2.11 bits per heavy atom. The van der Waals surface area contributed by atoms with Crippen molar-refractivity contribution in [3.8, 4) is 0 Å². The van der Waals surface area contributed by atoms with Crippen molar-refractivity contribution in [2.45, 2.75) is 83.1 Å². The van der Waals surface area contributed by atoms with Crippen LogP contribution in [0.25, 0.3) is 10.9 Å². The molecule has 0 spiro atoms. The van der Waals surface area contributed by atoms with Gasteiger partial charge in [-0.25, -0.2) is 4.79 Å². The third kappa shape index (κ3) is 14.4. The molecule has 0 unspecified atom stereocenters. The molecule has 0 aliphatic heterocycles. The number of ether oxygens (including phenoxy) is 1. The number of aromatic nitrogens is 1. The number of benzene rings is 2. The van der Waals surface area contributed by atoms with Crippen molar-refractivity contribution in [3.63, 3.8) is 0 Å². The van der Waals surface area contributed by atoms with Gasteiger partial charge in [0.2, 0.25) is 29.5 Å². The van der Waals surface area contributed by atoms with E-state index in [9.17, 15) is 38.7 Å². The number of anilines is 1. The Bertz CT molecular complexity index is 1780. The maximum Gasteiger partial charge on any atom is 0.407 e. The molecule has 3 rings (SSSR count). The lowest BCUT2D eigenvalue weighted by Gasteiger charge is -2.25. The van der Waals surface area contributed by atoms with E-state index >= 15 is 0 Å². The summed E-state index contributed by atoms with van der Waals surface area (Å²) in [6.07, 6.45) is 1.96. The molecule has 292 valence electrons. The molecular weight excluding hydrogens is 719 g/mol. The molecular formula is C37H49N7O9S. The number of carbonyl (C=O) groups is 7. The second-order valence-corrected chi connectivity index (χ2v) is 14.4. The Hall–Kier alpha value is -5.58. The molecule has 0 saturated carbocycles. The summed E-state index contributed by atoms with van der Waals surface area (Å²) in [6.45, 7) is 6.45. The Kier molecular flexibility index (Phi) is 16.3. The highest BCUT2D eigenvalue weighted by atomic mass is 32.2. The van der Waals surface area contributed by atoms with E-state index in [1.165, 1.54) is 18.7 Å². The Morgan fingerprint density at radius 2 is 1.44 bits per heavy atom. The number of H-pyrrole nitrogens is 1. The molecule has 0 fully saturated rings. The summed E-state index contributed by atoms with van der Waals surface area (Å²) >= 11 is 1.39. The molecule has 0 radical (unpaired) electrons. The van der Waals surface area contributed by atoms with Crippen molar-refractivity contribution in [2.24, 2.45) is 0 Å². The highest BCUT2D eigenvalue weighted by Gasteiger charge is 2.32. The van der Waals surface area contributed by atoms with Crippen LogP contribution in [0.15, 0.2) is 60.8 Å². The number of thioether (sulfide) groups is 1. The summed E-state index contributed by atoms with van der Waals surface area (Å²) in [5.41, 5.74) is 1.28. The summed E-state index contributed by atoms with van der Waals surface area (Å²) < 4.78 is 5.20. The molecule has 0 saturated heterocycles. The number of aliphatic carboxylic acids is 1. The second-order valence-electron chi connectivity index (χ2n) is 13.4. The van der Waals surface area contributed by atoms with Crippen molar-refractivity contribution in [3.05, 3.63) is 66.4 Å². The molecule has 0 bridgehead atoms. The number of alkyl carbamates (subject to hydrolysis) is 1. The molecule has 0 aliphatic carbocycles. The number of hydrogen-bond donors (Lipinski definition) is 8. The molecule has 3 aromatic rings. The van der Waals surface area contributed by atoms with Crippen LogP contribution in [0.5, 0.6) is 0 Å². The van der Waals surface area contributed by atoms with Crippen molar-refractivity contribution < 1.29 is 43.4 Å². The van der Waals surface area contributed by atoms with Crippen LogP contribution in [0, 0.1) is 0 Å². The van der Waals surface area contributed by atoms with Gasteiger partial charge in [-0.2, -0.15) is 11.8 Å². The first-order valence-electron chi connectivity index (χ1n) is 17.3. The van der Waals surface area contributed by atoms with Gasteiger partial charge in [0.05, 0.1) is 6.42 Å². The molecule has 17 heteroatoms. The average molecular weight is 768 g/mol. The van der Waals surface area contributed by atoms with Gasteiger partial charge in [-0.3, -0.25) is 28.8 Å². The standard InChI is InChI=1S/C37H49N7O9S/c1-22(32(48)41-24-11-7-6-8-12-24)40-34(50)29(20-31(46)47)44-33(49)27(16-18-54-5)43-35(51)28(19-23-21-39-26-14-10-9-13-25(23)26)42-30(45)15-17-38-36(52)53-37(2,3)4/h6-14,21-22,27-29,39H,15-20H2,1-5H3,(H,38,52)(H,40,50)(H,41,48)(H,42,45)(H,43,51)(H,44,49)(H,46,47)/t22-,27-,28-,29-/m0/s1. The van der Waals surface area contributed by atoms with Gasteiger partial charge >= 0.3 is 12.1 Å². The smallest absolute Gasteiger partial charge is 0.407 e. The van der Waals surface area contributed by atoms with Crippen LogP contribution in [0.3, 0.4) is 0 Å². The van der Waals surface area contributed by atoms with Gasteiger partial charge < -0.3 is 46.7 Å². The first kappa shape index (κ1) is 42.8. The van der Waals surface area contributed by atoms with Crippen LogP contribution >= 0.6 is 11.8 Å². The van der Waals surface area contributed by atoms with Gasteiger partial charge in [0, 0.05) is 42.2 Å². The van der Waals surface area contributed by atoms with Crippen LogP contribution in [-0.2, 0) is 39.9 Å². The number of hydrogen-bond acceptors (Lipinski definition) is 9. The molecule has 2 aromatic carbocycles. The predicted octanol–water partition coefficient (Wildman–Crippen LogP) is 2.45. The maximum atomic E-state index is 13.9. The summed E-state index contributed by atoms with van der Waals surface area (Å²) in [6, 6.07) is 10.8. The molecule has 0 aliphatic rings. The number of amides is 6. The number of carboxylic acid groups (broad SMARTS) is 1. The lowest BCUT2D eigenvalue weighted by atomic mass is 10.0. The predicted molar refractivity (Wildman–Crippen MR) is 205 cm³/mol. The van der Waals surface area contributed by atoms with Crippen LogP contribution in [-0.4, -0.2) is 100 Å². The first-order chi connectivity index (χ1) is 25.6. The zero-order valence-electron chi connectivity index (χ0n) is 30.9. The summed E-state index contributed by atoms with van der Waals surface area (Å²) in [7, 11) is 0. The van der Waals surface area contributed by atoms with Crippen LogP contribution in [0.4, 0.5) is 10.5 Å². The molecule has 16 nitrogen and oxygen atoms in total. The fourth-order valence-electron chi connectivity index (χ4n) is 5.17. The number of carboxylic acids is 1. The van der Waals surface area contributed by atoms with Gasteiger partial charge in [-0.15, -0.1) is 0 Å². The van der Waals surface area contributed by atoms with Crippen LogP contribution in [0.1, 0.15) is 52.5 Å². The molecule has 4 atom stereocenters. The Balaban J connectivity index is 1.75. The fourth-order valence-corrected chi connectivity index (χ4v) is 5.64. The third-order valence-electron chi connectivity index (χ3n) is 7.82. The van der Waals surface area contributed by atoms with Gasteiger partial charge in [-0.1, -0.05) is 36.4 Å². The van der Waals surface area contributed by atoms with Crippen LogP contribution < -0.4 is 31.9 Å². The molecule has 8 N–H and O–H groups in total. The minimum absolute atomic E-state index is 0.0327. The number of fused-ring (bicyclic) bond motifs is 1. The quantitative estimate of drug-likeness (QED) is 0.0887. The molecule has 1 aromatic heterocycles. The zero-order chi connectivity index (χ0) is 39.8. The number of rotatable bonds is 19. The van der Waals surface area contributed by atoms with E-state index < -0.39 is 77.8 Å². The second kappa shape index (κ2) is 20.6. The summed E-state index contributed by atoms with van der Waals surface area (Å²) in [5.74, 6) is -4.56. The number of nitrogens with one attached hydrogen (secondary N) is 7. The maximum absolute atomic E-state index is 13.9. The molecule has 1 heterocycles. The van der Waals surface area contributed by atoms with Gasteiger partial charge in [-0.05, 0) is 69.9 Å². The minimum atomic E-state index is -1.59. The third-order valence-corrected chi connectivity index (χ3v) is 8.46. The van der Waals surface area contributed by atoms with Gasteiger partial charge in [0.25, 0.3) is 0 Å². The normalized spacial score (nSPS) is 13.4. The lowest BCUT2D eigenvalue weighted by molar-refractivity contribution is -0.141. The highest BCUT2D eigenvalue weighted by molar-refractivity contribution is 7.98. The monoisotopic (exact) mass is 767 g/mol. The number of carbonyl (C=O) groups excluding carboxylic acids is 6. The topological polar surface area (TPSA) is 237 Å². The van der Waals surface area contributed by atoms with E-state index in [4.69, 9.17) is 4.74 Å². The van der Waals surface area contributed by atoms with Crippen LogP contribution in [0.2, 0.25) is 0 Å². The van der Waals surface area contributed by atoms with E-state index in [0.29, 0.717) is 17.0 Å². The van der Waals surface area contributed by atoms with E-state index in [0.717, 1.165) is 10.9 Å². The van der Waals surface area contributed by atoms with Crippen molar-refractivity contribution >= 4 is 70.0 Å². The Labute approximate surface area is 317 Å². The fraction of sp³-hybridized carbons (Fsp3) is 0.432. The first-order valence-corrected chi connectivity index (χ1v) is 18.7. The molecule has 6 amide bonds. The van der Waals surface area contributed by atoms with E-state index in [2.05, 4.69) is 36.9 Å². The van der Waals surface area contributed by atoms with Crippen molar-refractivity contribution in [1.29, 1.82) is 0 Å². The largest absolute Gasteiger partial charge is 0.481 e. The SMILES string of the molecule is CSCC[C@H](NC(=O)[C@H](Cc1c[nH]c2ccccc12)NC(=O)CCNC(=O)OC(C)(C)C)C(=O)N[C@@H](CC(=O)O)C(=O)N[C@@H](C)C(=O)Nc1ccccc1. The zero-order valence-corrected chi connectivity index (χ0v) is 31.8. The van der Waals surface area contributed by atoms with Crippen molar-refractivity contribution in [1.82, 2.24) is 31.6 Å². The van der Waals surface area contributed by atoms with E-state index in [1.807, 2.05) is 24.3 Å². The minimum Gasteiger partial charge on any atom is -0.481 e. The lowest BCUT2D eigenvalue weighted by Crippen LogP contribution is -2.58. The van der Waals surface area contributed by atoms with Gasteiger partial charge in [0.1, 0.15) is 29.8 Å². The summed E-state index contributed by atoms with van der Waals surface area (Å²) in [4.78, 5) is 93.4. The Morgan fingerprint density at radius 1 is 0.815 bits per heavy atom. The van der Waals surface area contributed by atoms with E-state index in [-0.39, 0.29) is 25.8 Å². The van der Waals surface area contributed by atoms with Gasteiger partial charge in [0.15, 0.2) is 0 Å². The number of para-hydroxylation sites is 2. The highest BCUT2D eigenvalue weighted by Crippen LogP contribution is 2.19. The summed E-state index contributed by atoms with van der Waals surface area (Å²) in [5, 5.41) is 25.8. The van der Waals surface area contributed by atoms with Crippen molar-refractivity contribution in [2.75, 3.05) is 23.9 Å². The molecule has 54 heavy (non-hydrogen) atoms. The number of aromatic amines is 1.